The number of nitro groups is 1. The number of nitrogens with one attached hydrogen (secondary N) is 2. The molecule has 3 aromatic rings. The fourth-order valence-electron chi connectivity index (χ4n) is 3.38. The van der Waals surface area contributed by atoms with Crippen molar-refractivity contribution in [1.82, 2.24) is 5.32 Å². The normalized spacial score (nSPS) is 14.3. The molecule has 0 spiro atoms. The molecule has 1 fully saturated rings. The molecule has 0 radical (unpaired) electrons. The summed E-state index contributed by atoms with van der Waals surface area (Å²) in [6, 6.07) is 13.5. The maximum atomic E-state index is 13.0. The fourth-order valence-corrected chi connectivity index (χ4v) is 3.89. The molecular weight excluding hydrogens is 567 g/mol. The Kier molecular flexibility index (Phi) is 7.58. The molecule has 0 atom stereocenters. The van der Waals surface area contributed by atoms with Crippen LogP contribution in [0.15, 0.2) is 76.8 Å². The summed E-state index contributed by atoms with van der Waals surface area (Å²) in [5, 5.41) is 15.5. The standard InChI is InChI=1S/C25H16BrFN4O7/c26-20-12-14(1-10-21(20)38-13-22(32)28-16-4-2-15(27)3-5-16)11-19-23(33)29-25(35)30(24(19)34)17-6-8-18(9-7-17)31(36)37/h1-12H,13H2,(H,28,32)(H,29,33,35)/b19-11-. The first kappa shape index (κ1) is 26.2. The van der Waals surface area contributed by atoms with E-state index < -0.39 is 34.5 Å². The largest absolute Gasteiger partial charge is 0.483 e. The number of nitrogens with zero attached hydrogens (tertiary/aromatic N) is 2. The Morgan fingerprint density at radius 3 is 2.39 bits per heavy atom. The molecule has 0 bridgehead atoms. The molecule has 3 aromatic carbocycles. The summed E-state index contributed by atoms with van der Waals surface area (Å²) >= 11 is 3.31. The van der Waals surface area contributed by atoms with E-state index in [-0.39, 0.29) is 23.6 Å². The lowest BCUT2D eigenvalue weighted by Gasteiger charge is -2.26. The van der Waals surface area contributed by atoms with Gasteiger partial charge in [0.25, 0.3) is 23.4 Å². The molecule has 4 rings (SSSR count). The molecule has 192 valence electrons. The lowest BCUT2D eigenvalue weighted by molar-refractivity contribution is -0.384. The number of carbonyl (C=O) groups is 4. The summed E-state index contributed by atoms with van der Waals surface area (Å²) in [6.45, 7) is -0.344. The number of barbiturate groups is 1. The Morgan fingerprint density at radius 2 is 1.76 bits per heavy atom. The van der Waals surface area contributed by atoms with E-state index in [9.17, 15) is 33.7 Å². The second-order valence-corrected chi connectivity index (χ2v) is 8.62. The number of nitro benzene ring substituents is 1. The summed E-state index contributed by atoms with van der Waals surface area (Å²) < 4.78 is 18.9. The summed E-state index contributed by atoms with van der Waals surface area (Å²) in [5.41, 5.74) is 0.266. The minimum absolute atomic E-state index is 0.0420. The third kappa shape index (κ3) is 5.90. The smallest absolute Gasteiger partial charge is 0.335 e. The van der Waals surface area contributed by atoms with Gasteiger partial charge in [-0.25, -0.2) is 14.1 Å². The van der Waals surface area contributed by atoms with Crippen molar-refractivity contribution in [2.24, 2.45) is 0 Å². The number of ether oxygens (including phenoxy) is 1. The van der Waals surface area contributed by atoms with Crippen molar-refractivity contribution in [3.05, 3.63) is 98.3 Å². The van der Waals surface area contributed by atoms with Crippen molar-refractivity contribution < 1.29 is 33.2 Å². The summed E-state index contributed by atoms with van der Waals surface area (Å²) in [7, 11) is 0. The minimum atomic E-state index is -0.991. The highest BCUT2D eigenvalue weighted by molar-refractivity contribution is 9.10. The van der Waals surface area contributed by atoms with Gasteiger partial charge in [-0.05, 0) is 76.1 Å². The zero-order valence-electron chi connectivity index (χ0n) is 19.1. The first-order chi connectivity index (χ1) is 18.1. The van der Waals surface area contributed by atoms with E-state index in [0.717, 1.165) is 12.1 Å². The molecule has 0 unspecified atom stereocenters. The van der Waals surface area contributed by atoms with Gasteiger partial charge in [0.15, 0.2) is 6.61 Å². The first-order valence-corrected chi connectivity index (χ1v) is 11.6. The van der Waals surface area contributed by atoms with E-state index >= 15 is 0 Å². The van der Waals surface area contributed by atoms with Crippen LogP contribution >= 0.6 is 15.9 Å². The number of amides is 5. The van der Waals surface area contributed by atoms with Gasteiger partial charge in [-0.2, -0.15) is 0 Å². The Morgan fingerprint density at radius 1 is 1.08 bits per heavy atom. The molecule has 1 heterocycles. The van der Waals surface area contributed by atoms with Crippen LogP contribution in [0.1, 0.15) is 5.56 Å². The van der Waals surface area contributed by atoms with Gasteiger partial charge in [-0.3, -0.25) is 29.8 Å². The number of rotatable bonds is 7. The van der Waals surface area contributed by atoms with E-state index in [0.29, 0.717) is 26.4 Å². The van der Waals surface area contributed by atoms with Crippen LogP contribution in [0.5, 0.6) is 5.75 Å². The summed E-state index contributed by atoms with van der Waals surface area (Å²) in [5.74, 6) is -2.44. The third-order valence-electron chi connectivity index (χ3n) is 5.17. The third-order valence-corrected chi connectivity index (χ3v) is 5.79. The van der Waals surface area contributed by atoms with E-state index in [1.807, 2.05) is 0 Å². The zero-order valence-corrected chi connectivity index (χ0v) is 20.7. The molecule has 0 aromatic heterocycles. The second kappa shape index (κ2) is 11.0. The van der Waals surface area contributed by atoms with Crippen LogP contribution in [0.3, 0.4) is 0 Å². The Balaban J connectivity index is 1.47. The Hall–Kier alpha value is -4.91. The molecular formula is C25H16BrFN4O7. The average Bonchev–Trinajstić information content (AvgIpc) is 2.87. The van der Waals surface area contributed by atoms with Gasteiger partial charge < -0.3 is 10.1 Å². The number of imide groups is 2. The number of benzene rings is 3. The second-order valence-electron chi connectivity index (χ2n) is 7.76. The Bertz CT molecular complexity index is 1490. The molecule has 5 amide bonds. The van der Waals surface area contributed by atoms with Gasteiger partial charge in [0.1, 0.15) is 17.1 Å². The van der Waals surface area contributed by atoms with E-state index in [4.69, 9.17) is 4.74 Å². The van der Waals surface area contributed by atoms with Gasteiger partial charge in [-0.15, -0.1) is 0 Å². The van der Waals surface area contributed by atoms with Crippen LogP contribution in [0.25, 0.3) is 6.08 Å². The van der Waals surface area contributed by atoms with Crippen LogP contribution in [0, 0.1) is 15.9 Å². The van der Waals surface area contributed by atoms with Gasteiger partial charge in [0.05, 0.1) is 15.1 Å². The first-order valence-electron chi connectivity index (χ1n) is 10.8. The highest BCUT2D eigenvalue weighted by Gasteiger charge is 2.37. The number of urea groups is 1. The van der Waals surface area contributed by atoms with Gasteiger partial charge in [0, 0.05) is 17.8 Å². The van der Waals surface area contributed by atoms with Gasteiger partial charge in [-0.1, -0.05) is 6.07 Å². The molecule has 38 heavy (non-hydrogen) atoms. The van der Waals surface area contributed by atoms with E-state index in [2.05, 4.69) is 26.6 Å². The number of hydrogen-bond donors (Lipinski definition) is 2. The van der Waals surface area contributed by atoms with E-state index in [1.165, 1.54) is 60.7 Å². The van der Waals surface area contributed by atoms with Crippen LogP contribution in [0.4, 0.5) is 26.2 Å². The van der Waals surface area contributed by atoms with Crippen molar-refractivity contribution in [3.63, 3.8) is 0 Å². The van der Waals surface area contributed by atoms with Crippen LogP contribution in [0.2, 0.25) is 0 Å². The van der Waals surface area contributed by atoms with Gasteiger partial charge >= 0.3 is 6.03 Å². The molecule has 2 N–H and O–H groups in total. The quantitative estimate of drug-likeness (QED) is 0.184. The number of carbonyl (C=O) groups excluding carboxylic acids is 4. The molecule has 1 aliphatic rings. The number of halogens is 2. The van der Waals surface area contributed by atoms with Crippen LogP contribution in [-0.2, 0) is 14.4 Å². The highest BCUT2D eigenvalue weighted by atomic mass is 79.9. The maximum Gasteiger partial charge on any atom is 0.335 e. The minimum Gasteiger partial charge on any atom is -0.483 e. The lowest BCUT2D eigenvalue weighted by Crippen LogP contribution is -2.54. The predicted octanol–water partition coefficient (Wildman–Crippen LogP) is 4.18. The zero-order chi connectivity index (χ0) is 27.4. The molecule has 1 saturated heterocycles. The van der Waals surface area contributed by atoms with Gasteiger partial charge in [0.2, 0.25) is 0 Å². The molecule has 0 aliphatic carbocycles. The van der Waals surface area contributed by atoms with E-state index in [1.54, 1.807) is 0 Å². The van der Waals surface area contributed by atoms with Crippen molar-refractivity contribution in [2.45, 2.75) is 0 Å². The SMILES string of the molecule is O=C(COc1ccc(/C=C2/C(=O)NC(=O)N(c3ccc([N+](=O)[O-])cc3)C2=O)cc1Br)Nc1ccc(F)cc1. The number of hydrogen-bond acceptors (Lipinski definition) is 7. The monoisotopic (exact) mass is 582 g/mol. The maximum absolute atomic E-state index is 13.0. The van der Waals surface area contributed by atoms with Crippen molar-refractivity contribution >= 4 is 62.8 Å². The summed E-state index contributed by atoms with van der Waals surface area (Å²) in [6.07, 6.45) is 1.26. The molecule has 13 heteroatoms. The van der Waals surface area contributed by atoms with Crippen molar-refractivity contribution in [2.75, 3.05) is 16.8 Å². The van der Waals surface area contributed by atoms with Crippen molar-refractivity contribution in [3.8, 4) is 5.75 Å². The number of non-ortho nitro benzene ring substituents is 1. The molecule has 1 aliphatic heterocycles. The predicted molar refractivity (Wildman–Crippen MR) is 137 cm³/mol. The van der Waals surface area contributed by atoms with Crippen LogP contribution < -0.4 is 20.3 Å². The van der Waals surface area contributed by atoms with Crippen molar-refractivity contribution in [1.29, 1.82) is 0 Å². The molecule has 0 saturated carbocycles. The highest BCUT2D eigenvalue weighted by Crippen LogP contribution is 2.29. The summed E-state index contributed by atoms with van der Waals surface area (Å²) in [4.78, 5) is 60.8. The molecule has 11 nitrogen and oxygen atoms in total. The van der Waals surface area contributed by atoms with Crippen LogP contribution in [-0.4, -0.2) is 35.3 Å². The topological polar surface area (TPSA) is 148 Å². The number of anilines is 2. The Labute approximate surface area is 222 Å². The fraction of sp³-hybridized carbons (Fsp3) is 0.0400. The average molecular weight is 583 g/mol. The lowest BCUT2D eigenvalue weighted by atomic mass is 10.1.